The number of aliphatic carboxylic acids is 1. The second-order valence-electron chi connectivity index (χ2n) is 21.9. The van der Waals surface area contributed by atoms with Crippen LogP contribution in [0.25, 0.3) is 0 Å². The van der Waals surface area contributed by atoms with Crippen molar-refractivity contribution in [2.45, 2.75) is 257 Å². The predicted molar refractivity (Wildman–Crippen MR) is 333 cm³/mol. The summed E-state index contributed by atoms with van der Waals surface area (Å²) < 4.78 is 22.7. The van der Waals surface area contributed by atoms with Gasteiger partial charge in [-0.05, 0) is 103 Å². The maximum Gasteiger partial charge on any atom is 0.306 e. The van der Waals surface area contributed by atoms with Gasteiger partial charge >= 0.3 is 11.9 Å². The Bertz CT molecular complexity index is 1710. The van der Waals surface area contributed by atoms with Gasteiger partial charge in [-0.25, -0.2) is 0 Å². The van der Waals surface area contributed by atoms with E-state index in [-0.39, 0.29) is 32.7 Å². The van der Waals surface area contributed by atoms with Crippen LogP contribution in [0.5, 0.6) is 0 Å². The Morgan fingerprint density at radius 2 is 0.684 bits per heavy atom. The molecule has 0 aromatic carbocycles. The summed E-state index contributed by atoms with van der Waals surface area (Å²) in [6.07, 6.45) is 81.3. The number of ether oxygens (including phenoxy) is 4. The molecule has 0 spiro atoms. The summed E-state index contributed by atoms with van der Waals surface area (Å²) in [5, 5.41) is 11.8. The molecule has 0 aliphatic heterocycles. The number of quaternary nitrogens is 1. The highest BCUT2D eigenvalue weighted by molar-refractivity contribution is 5.70. The van der Waals surface area contributed by atoms with Gasteiger partial charge in [0, 0.05) is 12.8 Å². The lowest BCUT2D eigenvalue weighted by atomic mass is 10.0. The van der Waals surface area contributed by atoms with Crippen molar-refractivity contribution in [3.05, 3.63) is 122 Å². The molecule has 9 nitrogen and oxygen atoms in total. The summed E-state index contributed by atoms with van der Waals surface area (Å²) in [7, 11) is 5.91. The summed E-state index contributed by atoms with van der Waals surface area (Å²) in [5.41, 5.74) is 0. The number of unbranched alkanes of at least 4 members (excludes halogenated alkanes) is 22. The number of carboxylic acid groups (broad SMARTS) is 1. The molecule has 0 N–H and O–H groups in total. The van der Waals surface area contributed by atoms with E-state index in [1.54, 1.807) is 0 Å². The van der Waals surface area contributed by atoms with Gasteiger partial charge in [0.15, 0.2) is 12.4 Å². The van der Waals surface area contributed by atoms with Crippen LogP contribution >= 0.6 is 0 Å². The largest absolute Gasteiger partial charge is 0.545 e. The predicted octanol–water partition coefficient (Wildman–Crippen LogP) is 17.9. The molecule has 0 aromatic rings. The zero-order valence-corrected chi connectivity index (χ0v) is 51.2. The average molecular weight is 1100 g/mol. The van der Waals surface area contributed by atoms with Crippen molar-refractivity contribution in [3.63, 3.8) is 0 Å². The van der Waals surface area contributed by atoms with Crippen LogP contribution in [0.2, 0.25) is 0 Å². The van der Waals surface area contributed by atoms with Gasteiger partial charge in [-0.15, -0.1) is 0 Å². The third-order valence-corrected chi connectivity index (χ3v) is 13.2. The zero-order chi connectivity index (χ0) is 57.6. The number of carbonyl (C=O) groups is 3. The van der Waals surface area contributed by atoms with Crippen LogP contribution in [0, 0.1) is 0 Å². The first-order valence-corrected chi connectivity index (χ1v) is 31.7. The number of nitrogens with zero attached hydrogens (tertiary/aromatic N) is 1. The van der Waals surface area contributed by atoms with E-state index in [4.69, 9.17) is 18.9 Å². The molecule has 0 amide bonds. The molecular weight excluding hydrogens is 983 g/mol. The number of hydrogen-bond acceptors (Lipinski definition) is 8. The third-order valence-electron chi connectivity index (χ3n) is 13.2. The van der Waals surface area contributed by atoms with E-state index in [9.17, 15) is 19.5 Å². The van der Waals surface area contributed by atoms with Gasteiger partial charge in [0.2, 0.25) is 0 Å². The highest BCUT2D eigenvalue weighted by atomic mass is 16.7. The number of hydrogen-bond donors (Lipinski definition) is 0. The summed E-state index contributed by atoms with van der Waals surface area (Å²) in [6, 6.07) is 0. The fourth-order valence-electron chi connectivity index (χ4n) is 8.41. The molecule has 0 bridgehead atoms. The van der Waals surface area contributed by atoms with Crippen molar-refractivity contribution in [3.8, 4) is 0 Å². The maximum absolute atomic E-state index is 12.9. The molecule has 450 valence electrons. The number of carbonyl (C=O) groups excluding carboxylic acids is 3. The molecule has 79 heavy (non-hydrogen) atoms. The topological polar surface area (TPSA) is 111 Å². The minimum atomic E-state index is -1.63. The molecule has 0 aliphatic rings. The molecule has 0 heterocycles. The summed E-state index contributed by atoms with van der Waals surface area (Å²) >= 11 is 0. The Morgan fingerprint density at radius 1 is 0.380 bits per heavy atom. The molecule has 2 unspecified atom stereocenters. The van der Waals surface area contributed by atoms with Gasteiger partial charge < -0.3 is 33.3 Å². The van der Waals surface area contributed by atoms with Gasteiger partial charge in [-0.3, -0.25) is 9.59 Å². The second kappa shape index (κ2) is 59.8. The normalized spacial score (nSPS) is 13.6. The van der Waals surface area contributed by atoms with E-state index in [1.807, 2.05) is 21.1 Å². The van der Waals surface area contributed by atoms with Crippen molar-refractivity contribution in [1.82, 2.24) is 0 Å². The van der Waals surface area contributed by atoms with Crippen molar-refractivity contribution >= 4 is 17.9 Å². The Labute approximate surface area is 485 Å². The molecule has 0 aromatic heterocycles. The fraction of sp³-hybridized carbons (Fsp3) is 0.671. The molecule has 9 heteroatoms. The van der Waals surface area contributed by atoms with Crippen LogP contribution in [0.4, 0.5) is 0 Å². The summed E-state index contributed by atoms with van der Waals surface area (Å²) in [4.78, 5) is 37.3. The van der Waals surface area contributed by atoms with Crippen LogP contribution in [0.3, 0.4) is 0 Å². The number of carboxylic acids is 1. The Morgan fingerprint density at radius 3 is 1.03 bits per heavy atom. The van der Waals surface area contributed by atoms with Crippen LogP contribution in [-0.4, -0.2) is 82.3 Å². The van der Waals surface area contributed by atoms with Crippen molar-refractivity contribution in [2.75, 3.05) is 47.5 Å². The van der Waals surface area contributed by atoms with Gasteiger partial charge in [0.05, 0.1) is 40.3 Å². The van der Waals surface area contributed by atoms with Crippen LogP contribution in [-0.2, 0) is 33.3 Å². The second-order valence-corrected chi connectivity index (χ2v) is 21.9. The maximum atomic E-state index is 12.9. The Hall–Kier alpha value is -4.31. The lowest BCUT2D eigenvalue weighted by molar-refractivity contribution is -0.870. The van der Waals surface area contributed by atoms with Crippen LogP contribution in [0.15, 0.2) is 122 Å². The van der Waals surface area contributed by atoms with Crippen molar-refractivity contribution in [1.29, 1.82) is 0 Å². The van der Waals surface area contributed by atoms with Crippen LogP contribution in [0.1, 0.15) is 245 Å². The van der Waals surface area contributed by atoms with E-state index >= 15 is 0 Å². The van der Waals surface area contributed by atoms with Gasteiger partial charge in [-0.2, -0.15) is 0 Å². The van der Waals surface area contributed by atoms with E-state index in [0.717, 1.165) is 103 Å². The van der Waals surface area contributed by atoms with Gasteiger partial charge in [0.25, 0.3) is 0 Å². The molecule has 0 aliphatic carbocycles. The first-order valence-electron chi connectivity index (χ1n) is 31.7. The number of rotatable bonds is 57. The average Bonchev–Trinajstić information content (AvgIpc) is 3.42. The highest BCUT2D eigenvalue weighted by Crippen LogP contribution is 2.16. The Balaban J connectivity index is 4.14. The quantitative estimate of drug-likeness (QED) is 0.0195. The van der Waals surface area contributed by atoms with Gasteiger partial charge in [-0.1, -0.05) is 251 Å². The number of allylic oxidation sites excluding steroid dienone is 20. The Kier molecular flexibility index (Phi) is 56.5. The summed E-state index contributed by atoms with van der Waals surface area (Å²) in [6.45, 7) is 4.48. The molecule has 0 radical (unpaired) electrons. The smallest absolute Gasteiger partial charge is 0.306 e. The standard InChI is InChI=1S/C70H117NO8/c1-6-8-10-12-14-16-18-20-22-24-26-27-28-29-30-31-32-33-34-35-36-37-38-39-40-41-43-45-47-49-51-53-55-57-59-61-68(73)79-66(65-78-70(69(74)75)76-63-62-71(3,4)5)64-77-67(72)60-58-56-54-52-50-48-46-44-42-25-23-21-19-17-15-13-11-9-7-2/h8-11,14-17,20-23,26-27,29-30,42,44,48,50,66,70H,6-7,12-13,18-19,24-25,28,31-41,43,45-47,49,51-65H2,1-5H3/b10-8-,11-9-,16-14-,17-15-,22-20-,23-21-,27-26-,30-29-,44-42-,50-48-. The SMILES string of the molecule is CC/C=C\C/C=C\C/C=C\C/C=C\C/C=C\CCCCCCCCCCCCCCCCCCCCCC(=O)OC(COC(=O)CCCCC/C=C\C/C=C\C/C=C\C/C=C\C/C=C\CC)COC(OCC[N+](C)(C)C)C(=O)[O-]. The van der Waals surface area contributed by atoms with E-state index in [2.05, 4.69) is 135 Å². The van der Waals surface area contributed by atoms with E-state index in [1.165, 1.54) is 103 Å². The summed E-state index contributed by atoms with van der Waals surface area (Å²) in [5.74, 6) is -2.33. The molecule has 0 rings (SSSR count). The molecule has 2 atom stereocenters. The lowest BCUT2D eigenvalue weighted by Gasteiger charge is -2.26. The first kappa shape index (κ1) is 74.7. The highest BCUT2D eigenvalue weighted by Gasteiger charge is 2.22. The number of likely N-dealkylation sites (N-methyl/N-ethyl adjacent to an activating group) is 1. The molecular formula is C70H117NO8. The van der Waals surface area contributed by atoms with Gasteiger partial charge in [0.1, 0.15) is 13.2 Å². The molecule has 0 fully saturated rings. The van der Waals surface area contributed by atoms with Crippen LogP contribution < -0.4 is 5.11 Å². The van der Waals surface area contributed by atoms with Crippen molar-refractivity contribution < 1.29 is 42.9 Å². The number of esters is 2. The lowest BCUT2D eigenvalue weighted by Crippen LogP contribution is -2.44. The van der Waals surface area contributed by atoms with Crippen molar-refractivity contribution in [2.24, 2.45) is 0 Å². The fourth-order valence-corrected chi connectivity index (χ4v) is 8.41. The first-order chi connectivity index (χ1) is 38.6. The zero-order valence-electron chi connectivity index (χ0n) is 51.2. The minimum Gasteiger partial charge on any atom is -0.545 e. The molecule has 0 saturated heterocycles. The third kappa shape index (κ3) is 61.2. The molecule has 0 saturated carbocycles. The van der Waals surface area contributed by atoms with E-state index < -0.39 is 30.3 Å². The van der Waals surface area contributed by atoms with E-state index in [0.29, 0.717) is 23.9 Å². The monoisotopic (exact) mass is 1100 g/mol. The minimum absolute atomic E-state index is 0.137.